The van der Waals surface area contributed by atoms with Crippen LogP contribution in [0.1, 0.15) is 44.9 Å². The number of nitrogens with two attached hydrogens (primary N) is 1. The summed E-state index contributed by atoms with van der Waals surface area (Å²) < 4.78 is 1.81. The van der Waals surface area contributed by atoms with Gasteiger partial charge in [0.05, 0.1) is 0 Å². The largest absolute Gasteiger partial charge is 0.330 e. The molecule has 1 aliphatic carbocycles. The SMILES string of the molecule is NCCCN(CCn1ccccc1=O)C1CCCCCC1. The third-order valence-electron chi connectivity index (χ3n) is 4.52. The maximum Gasteiger partial charge on any atom is 0.250 e. The lowest BCUT2D eigenvalue weighted by molar-refractivity contribution is 0.170. The second kappa shape index (κ2) is 9.00. The van der Waals surface area contributed by atoms with E-state index in [-0.39, 0.29) is 5.56 Å². The highest BCUT2D eigenvalue weighted by Gasteiger charge is 2.19. The predicted octanol–water partition coefficient (Wildman–Crippen LogP) is 2.22. The number of hydrogen-bond acceptors (Lipinski definition) is 3. The van der Waals surface area contributed by atoms with Crippen molar-refractivity contribution in [2.75, 3.05) is 19.6 Å². The normalized spacial score (nSPS) is 17.0. The zero-order valence-corrected chi connectivity index (χ0v) is 13.0. The summed E-state index contributed by atoms with van der Waals surface area (Å²) in [6.45, 7) is 3.53. The third-order valence-corrected chi connectivity index (χ3v) is 4.52. The molecule has 0 aliphatic heterocycles. The molecule has 4 nitrogen and oxygen atoms in total. The summed E-state index contributed by atoms with van der Waals surface area (Å²) in [4.78, 5) is 14.4. The van der Waals surface area contributed by atoms with Crippen LogP contribution in [-0.4, -0.2) is 35.1 Å². The van der Waals surface area contributed by atoms with Crippen molar-refractivity contribution in [1.29, 1.82) is 0 Å². The number of rotatable bonds is 7. The molecule has 2 N–H and O–H groups in total. The maximum atomic E-state index is 11.8. The van der Waals surface area contributed by atoms with Crippen molar-refractivity contribution in [2.24, 2.45) is 5.73 Å². The maximum absolute atomic E-state index is 11.8. The summed E-state index contributed by atoms with van der Waals surface area (Å²) in [6.07, 6.45) is 11.0. The molecule has 0 aromatic carbocycles. The van der Waals surface area contributed by atoms with Crippen LogP contribution in [0.25, 0.3) is 0 Å². The van der Waals surface area contributed by atoms with Crippen LogP contribution < -0.4 is 11.3 Å². The summed E-state index contributed by atoms with van der Waals surface area (Å²) in [5.74, 6) is 0. The first-order valence-corrected chi connectivity index (χ1v) is 8.41. The van der Waals surface area contributed by atoms with Crippen LogP contribution in [-0.2, 0) is 6.54 Å². The molecule has 2 rings (SSSR count). The van der Waals surface area contributed by atoms with E-state index in [1.807, 2.05) is 16.8 Å². The van der Waals surface area contributed by atoms with Gasteiger partial charge in [0.1, 0.15) is 0 Å². The van der Waals surface area contributed by atoms with Crippen LogP contribution in [0.3, 0.4) is 0 Å². The highest BCUT2D eigenvalue weighted by molar-refractivity contribution is 4.93. The Morgan fingerprint density at radius 2 is 1.90 bits per heavy atom. The zero-order valence-electron chi connectivity index (χ0n) is 13.0. The van der Waals surface area contributed by atoms with Crippen molar-refractivity contribution < 1.29 is 0 Å². The van der Waals surface area contributed by atoms with Gasteiger partial charge in [-0.25, -0.2) is 0 Å². The van der Waals surface area contributed by atoms with Crippen molar-refractivity contribution in [1.82, 2.24) is 9.47 Å². The van der Waals surface area contributed by atoms with E-state index in [4.69, 9.17) is 5.73 Å². The fourth-order valence-corrected chi connectivity index (χ4v) is 3.28. The number of nitrogens with zero attached hydrogens (tertiary/aromatic N) is 2. The fourth-order valence-electron chi connectivity index (χ4n) is 3.28. The molecule has 0 amide bonds. The summed E-state index contributed by atoms with van der Waals surface area (Å²) in [5.41, 5.74) is 5.78. The molecule has 4 heteroatoms. The minimum atomic E-state index is 0.0946. The average Bonchev–Trinajstić information content (AvgIpc) is 2.78. The van der Waals surface area contributed by atoms with Crippen LogP contribution in [0.4, 0.5) is 0 Å². The van der Waals surface area contributed by atoms with Crippen LogP contribution in [0.2, 0.25) is 0 Å². The van der Waals surface area contributed by atoms with Crippen molar-refractivity contribution in [2.45, 2.75) is 57.5 Å². The van der Waals surface area contributed by atoms with Gasteiger partial charge in [0.2, 0.25) is 0 Å². The molecule has 0 radical (unpaired) electrons. The molecule has 1 aromatic rings. The van der Waals surface area contributed by atoms with Gasteiger partial charge in [-0.1, -0.05) is 31.7 Å². The van der Waals surface area contributed by atoms with Crippen molar-refractivity contribution in [3.05, 3.63) is 34.7 Å². The minimum Gasteiger partial charge on any atom is -0.330 e. The van der Waals surface area contributed by atoms with Gasteiger partial charge in [-0.3, -0.25) is 9.69 Å². The molecule has 1 fully saturated rings. The zero-order chi connectivity index (χ0) is 14.9. The lowest BCUT2D eigenvalue weighted by Crippen LogP contribution is -2.39. The molecule has 21 heavy (non-hydrogen) atoms. The summed E-state index contributed by atoms with van der Waals surface area (Å²) in [6, 6.07) is 6.04. The second-order valence-electron chi connectivity index (χ2n) is 6.06. The Morgan fingerprint density at radius 1 is 1.14 bits per heavy atom. The van der Waals surface area contributed by atoms with E-state index in [0.717, 1.165) is 32.6 Å². The molecule has 0 spiro atoms. The van der Waals surface area contributed by atoms with Crippen molar-refractivity contribution in [3.8, 4) is 0 Å². The topological polar surface area (TPSA) is 51.3 Å². The number of hydrogen-bond donors (Lipinski definition) is 1. The van der Waals surface area contributed by atoms with E-state index in [1.54, 1.807) is 12.1 Å². The van der Waals surface area contributed by atoms with Gasteiger partial charge in [0.15, 0.2) is 0 Å². The molecule has 1 aliphatic rings. The Balaban J connectivity index is 1.95. The van der Waals surface area contributed by atoms with Crippen LogP contribution in [0.5, 0.6) is 0 Å². The second-order valence-corrected chi connectivity index (χ2v) is 6.06. The molecule has 1 heterocycles. The van der Waals surface area contributed by atoms with E-state index in [9.17, 15) is 4.79 Å². The Bertz CT molecular complexity index is 449. The smallest absolute Gasteiger partial charge is 0.250 e. The summed E-state index contributed by atoms with van der Waals surface area (Å²) in [5, 5.41) is 0. The molecule has 0 saturated heterocycles. The minimum absolute atomic E-state index is 0.0946. The molecule has 1 aromatic heterocycles. The lowest BCUT2D eigenvalue weighted by atomic mass is 10.1. The van der Waals surface area contributed by atoms with Gasteiger partial charge in [0.25, 0.3) is 5.56 Å². The van der Waals surface area contributed by atoms with Gasteiger partial charge in [-0.2, -0.15) is 0 Å². The highest BCUT2D eigenvalue weighted by atomic mass is 16.1. The molecule has 0 atom stereocenters. The van der Waals surface area contributed by atoms with E-state index >= 15 is 0 Å². The quantitative estimate of drug-likeness (QED) is 0.784. The first-order chi connectivity index (χ1) is 10.3. The molecule has 118 valence electrons. The van der Waals surface area contributed by atoms with E-state index in [1.165, 1.54) is 38.5 Å². The van der Waals surface area contributed by atoms with E-state index < -0.39 is 0 Å². The average molecular weight is 291 g/mol. The Hall–Kier alpha value is -1.13. The summed E-state index contributed by atoms with van der Waals surface area (Å²) >= 11 is 0. The molecule has 1 saturated carbocycles. The first-order valence-electron chi connectivity index (χ1n) is 8.41. The molecular formula is C17H29N3O. The first kappa shape index (κ1) is 16.2. The van der Waals surface area contributed by atoms with Gasteiger partial charge < -0.3 is 10.3 Å². The standard InChI is InChI=1S/C17H29N3O/c18-11-7-13-19(16-8-3-1-2-4-9-16)14-15-20-12-6-5-10-17(20)21/h5-6,10,12,16H,1-4,7-9,11,13-15,18H2. The van der Waals surface area contributed by atoms with E-state index in [0.29, 0.717) is 6.04 Å². The molecule has 0 bridgehead atoms. The Morgan fingerprint density at radius 3 is 2.57 bits per heavy atom. The van der Waals surface area contributed by atoms with E-state index in [2.05, 4.69) is 4.90 Å². The van der Waals surface area contributed by atoms with Gasteiger partial charge in [-0.15, -0.1) is 0 Å². The van der Waals surface area contributed by atoms with Crippen LogP contribution in [0, 0.1) is 0 Å². The predicted molar refractivity (Wildman–Crippen MR) is 87.4 cm³/mol. The third kappa shape index (κ3) is 5.29. The number of pyridine rings is 1. The Labute approximate surface area is 127 Å². The monoisotopic (exact) mass is 291 g/mol. The van der Waals surface area contributed by atoms with Gasteiger partial charge in [-0.05, 0) is 38.4 Å². The van der Waals surface area contributed by atoms with Crippen molar-refractivity contribution in [3.63, 3.8) is 0 Å². The van der Waals surface area contributed by atoms with Crippen LogP contribution >= 0.6 is 0 Å². The molecule has 0 unspecified atom stereocenters. The summed E-state index contributed by atoms with van der Waals surface area (Å²) in [7, 11) is 0. The fraction of sp³-hybridized carbons (Fsp3) is 0.706. The number of aromatic nitrogens is 1. The Kier molecular flexibility index (Phi) is 6.96. The van der Waals surface area contributed by atoms with Crippen LogP contribution in [0.15, 0.2) is 29.2 Å². The highest BCUT2D eigenvalue weighted by Crippen LogP contribution is 2.22. The van der Waals surface area contributed by atoms with Gasteiger partial charge >= 0.3 is 0 Å². The van der Waals surface area contributed by atoms with Crippen molar-refractivity contribution >= 4 is 0 Å². The molecular weight excluding hydrogens is 262 g/mol. The van der Waals surface area contributed by atoms with Gasteiger partial charge in [0, 0.05) is 31.4 Å². The lowest BCUT2D eigenvalue weighted by Gasteiger charge is -2.31.